The fourth-order valence-electron chi connectivity index (χ4n) is 7.76. The van der Waals surface area contributed by atoms with Crippen molar-refractivity contribution in [2.75, 3.05) is 16.9 Å². The second kappa shape index (κ2) is 10.9. The van der Waals surface area contributed by atoms with Gasteiger partial charge in [0.25, 0.3) is 11.8 Å². The maximum Gasteiger partial charge on any atom is 0.488 e. The molecule has 2 aliphatic heterocycles. The molecule has 7 rings (SSSR count). The van der Waals surface area contributed by atoms with Crippen molar-refractivity contribution in [2.24, 2.45) is 17.8 Å². The number of anilines is 2. The number of carbonyl (C=O) groups excluding carboxylic acids is 4. The van der Waals surface area contributed by atoms with Gasteiger partial charge in [-0.05, 0) is 66.7 Å². The molecular weight excluding hydrogens is 653 g/mol. The van der Waals surface area contributed by atoms with Gasteiger partial charge in [-0.2, -0.15) is 0 Å². The third-order valence-corrected chi connectivity index (χ3v) is 11.3. The monoisotopic (exact) mass is 678 g/mol. The maximum absolute atomic E-state index is 14.4. The molecule has 14 heteroatoms. The smallest absolute Gasteiger partial charge is 0.488 e. The average molecular weight is 679 g/mol. The van der Waals surface area contributed by atoms with Crippen LogP contribution >= 0.6 is 23.2 Å². The normalized spacial score (nSPS) is 29.8. The molecule has 3 aromatic carbocycles. The number of aromatic hydroxyl groups is 1. The van der Waals surface area contributed by atoms with E-state index in [4.69, 9.17) is 27.9 Å². The fourth-order valence-corrected chi connectivity index (χ4v) is 8.69. The van der Waals surface area contributed by atoms with Crippen molar-refractivity contribution >= 4 is 70.8 Å². The zero-order valence-electron chi connectivity index (χ0n) is 24.6. The van der Waals surface area contributed by atoms with Gasteiger partial charge in [0.15, 0.2) is 21.2 Å². The summed E-state index contributed by atoms with van der Waals surface area (Å²) in [5.41, 5.74) is 0.820. The Balaban J connectivity index is 1.40. The molecule has 4 aliphatic rings. The lowest BCUT2D eigenvalue weighted by molar-refractivity contribution is -0.125. The van der Waals surface area contributed by atoms with Crippen LogP contribution in [-0.2, 0) is 19.2 Å². The molecule has 0 bridgehead atoms. The number of alkyl halides is 2. The third kappa shape index (κ3) is 4.25. The number of halogens is 3. The number of nitrogens with zero attached hydrogens (tertiary/aromatic N) is 2. The Kier molecular flexibility index (Phi) is 7.29. The van der Waals surface area contributed by atoms with Crippen molar-refractivity contribution in [1.29, 1.82) is 0 Å². The molecule has 0 aromatic heterocycles. The highest BCUT2D eigenvalue weighted by Gasteiger charge is 2.77. The number of amides is 4. The van der Waals surface area contributed by atoms with E-state index in [9.17, 15) is 38.7 Å². The van der Waals surface area contributed by atoms with Crippen molar-refractivity contribution in [3.8, 4) is 11.5 Å². The highest BCUT2D eigenvalue weighted by molar-refractivity contribution is 6.59. The van der Waals surface area contributed by atoms with E-state index in [0.717, 1.165) is 21.9 Å². The number of methoxy groups -OCH3 is 1. The van der Waals surface area contributed by atoms with Crippen LogP contribution in [0.2, 0.25) is 0 Å². The fraction of sp³-hybridized carbons (Fsp3) is 0.273. The van der Waals surface area contributed by atoms with E-state index in [2.05, 4.69) is 0 Å². The van der Waals surface area contributed by atoms with Gasteiger partial charge in [-0.25, -0.2) is 9.29 Å². The largest absolute Gasteiger partial charge is 0.504 e. The number of phenols is 1. The molecule has 4 amide bonds. The summed E-state index contributed by atoms with van der Waals surface area (Å²) in [6.45, 7) is 0. The van der Waals surface area contributed by atoms with E-state index in [1.54, 1.807) is 12.1 Å². The zero-order valence-corrected chi connectivity index (χ0v) is 26.2. The average Bonchev–Trinajstić information content (AvgIpc) is 3.39. The molecule has 2 aliphatic carbocycles. The quantitative estimate of drug-likeness (QED) is 0.162. The number of phenolic OH excluding ortho intramolecular Hbond substituents is 1. The molecule has 6 atom stereocenters. The number of benzene rings is 3. The van der Waals surface area contributed by atoms with Crippen molar-refractivity contribution in [2.45, 2.75) is 28.5 Å². The van der Waals surface area contributed by atoms with Crippen LogP contribution in [-0.4, -0.2) is 62.8 Å². The van der Waals surface area contributed by atoms with E-state index < -0.39 is 70.0 Å². The summed E-state index contributed by atoms with van der Waals surface area (Å²) in [6, 6.07) is 15.0. The number of fused-ring (bicyclic) bond motifs is 4. The minimum absolute atomic E-state index is 0.0311. The summed E-state index contributed by atoms with van der Waals surface area (Å²) in [4.78, 5) is 54.2. The Hall–Kier alpha value is -4.23. The van der Waals surface area contributed by atoms with Gasteiger partial charge in [0, 0.05) is 11.5 Å². The first kappa shape index (κ1) is 31.4. The van der Waals surface area contributed by atoms with Crippen molar-refractivity contribution < 1.29 is 43.5 Å². The van der Waals surface area contributed by atoms with E-state index in [-0.39, 0.29) is 46.7 Å². The molecular formula is C33H26BCl2FN2O8. The Labute approximate surface area is 278 Å². The second-order valence-corrected chi connectivity index (χ2v) is 13.4. The summed E-state index contributed by atoms with van der Waals surface area (Å²) in [5, 5.41) is 30.8. The molecule has 1 saturated carbocycles. The molecule has 2 heterocycles. The van der Waals surface area contributed by atoms with Gasteiger partial charge in [-0.3, -0.25) is 24.1 Å². The predicted molar refractivity (Wildman–Crippen MR) is 170 cm³/mol. The van der Waals surface area contributed by atoms with Crippen molar-refractivity contribution in [3.63, 3.8) is 0 Å². The van der Waals surface area contributed by atoms with Gasteiger partial charge in [0.05, 0.1) is 30.3 Å². The number of rotatable bonds is 5. The van der Waals surface area contributed by atoms with Crippen LogP contribution in [0, 0.1) is 23.6 Å². The SMILES string of the molecule is COc1cccc(C2C3=CCC4C(=O)N(c5cccc(B(O)O)c5)C(=O)C4C3CC3(Cl)C(=O)N(c4ccc(F)cc4)C(=O)C23Cl)c1O. The molecule has 240 valence electrons. The molecule has 3 aromatic rings. The summed E-state index contributed by atoms with van der Waals surface area (Å²) < 4.78 is 19.2. The van der Waals surface area contributed by atoms with Gasteiger partial charge in [-0.15, -0.1) is 23.2 Å². The van der Waals surface area contributed by atoms with Crippen molar-refractivity contribution in [3.05, 3.63) is 89.8 Å². The predicted octanol–water partition coefficient (Wildman–Crippen LogP) is 2.99. The Morgan fingerprint density at radius 1 is 0.894 bits per heavy atom. The molecule has 10 nitrogen and oxygen atoms in total. The lowest BCUT2D eigenvalue weighted by Gasteiger charge is -2.50. The molecule has 47 heavy (non-hydrogen) atoms. The molecule has 3 fully saturated rings. The summed E-state index contributed by atoms with van der Waals surface area (Å²) in [5.74, 6) is -7.81. The van der Waals surface area contributed by atoms with Crippen LogP contribution in [0.25, 0.3) is 0 Å². The summed E-state index contributed by atoms with van der Waals surface area (Å²) >= 11 is 14.7. The number of carbonyl (C=O) groups is 4. The lowest BCUT2D eigenvalue weighted by Crippen LogP contribution is -2.60. The number of ether oxygens (including phenoxy) is 1. The van der Waals surface area contributed by atoms with E-state index >= 15 is 0 Å². The minimum atomic E-state index is -2.23. The van der Waals surface area contributed by atoms with Crippen LogP contribution in [0.4, 0.5) is 15.8 Å². The van der Waals surface area contributed by atoms with Gasteiger partial charge < -0.3 is 19.9 Å². The van der Waals surface area contributed by atoms with Crippen LogP contribution in [0.3, 0.4) is 0 Å². The number of allylic oxidation sites excluding steroid dienone is 2. The van der Waals surface area contributed by atoms with Crippen LogP contribution in [0.15, 0.2) is 78.4 Å². The third-order valence-electron chi connectivity index (χ3n) is 9.88. The van der Waals surface area contributed by atoms with Crippen LogP contribution in [0.5, 0.6) is 11.5 Å². The molecule has 6 unspecified atom stereocenters. The minimum Gasteiger partial charge on any atom is -0.504 e. The molecule has 3 N–H and O–H groups in total. The van der Waals surface area contributed by atoms with Gasteiger partial charge >= 0.3 is 7.12 Å². The van der Waals surface area contributed by atoms with E-state index in [1.165, 1.54) is 55.6 Å². The summed E-state index contributed by atoms with van der Waals surface area (Å²) in [6.07, 6.45) is 1.49. The first-order valence-corrected chi connectivity index (χ1v) is 15.5. The van der Waals surface area contributed by atoms with Crippen LogP contribution < -0.4 is 20.0 Å². The Bertz CT molecular complexity index is 1910. The highest BCUT2D eigenvalue weighted by atomic mass is 35.5. The van der Waals surface area contributed by atoms with Crippen molar-refractivity contribution in [1.82, 2.24) is 0 Å². The molecule has 2 saturated heterocycles. The number of para-hydroxylation sites is 1. The zero-order chi connectivity index (χ0) is 33.6. The summed E-state index contributed by atoms with van der Waals surface area (Å²) in [7, 11) is -0.492. The standard InChI is InChI=1S/C33H26BCl2FN2O8/c1-47-24-7-3-6-22(27(24)40)26-20-12-13-21-25(29(42)38(28(21)41)19-5-2-4-16(14-19)34(45)46)23(20)15-32(35)30(43)39(31(44)33(26,32)36)18-10-8-17(37)9-11-18/h2-12,14,21,23,25-26,40,45-46H,13,15H2,1H3. The number of imide groups is 2. The molecule has 0 spiro atoms. The second-order valence-electron chi connectivity index (χ2n) is 12.1. The van der Waals surface area contributed by atoms with E-state index in [0.29, 0.717) is 5.57 Å². The topological polar surface area (TPSA) is 145 Å². The van der Waals surface area contributed by atoms with Gasteiger partial charge in [0.1, 0.15) is 5.82 Å². The molecule has 0 radical (unpaired) electrons. The lowest BCUT2D eigenvalue weighted by atomic mass is 9.56. The Morgan fingerprint density at radius 2 is 1.60 bits per heavy atom. The van der Waals surface area contributed by atoms with Gasteiger partial charge in [0.2, 0.25) is 11.8 Å². The highest BCUT2D eigenvalue weighted by Crippen LogP contribution is 2.66. The first-order valence-electron chi connectivity index (χ1n) is 14.8. The Morgan fingerprint density at radius 3 is 2.28 bits per heavy atom. The van der Waals surface area contributed by atoms with Crippen LogP contribution in [0.1, 0.15) is 24.3 Å². The maximum atomic E-state index is 14.4. The van der Waals surface area contributed by atoms with Gasteiger partial charge in [-0.1, -0.05) is 35.9 Å². The first-order chi connectivity index (χ1) is 22.3. The number of hydrogen-bond donors (Lipinski definition) is 3. The number of hydrogen-bond acceptors (Lipinski definition) is 8. The van der Waals surface area contributed by atoms with E-state index in [1.807, 2.05) is 0 Å².